The molecular weight excluding hydrogens is 271 g/mol. The summed E-state index contributed by atoms with van der Waals surface area (Å²) in [5.74, 6) is -0.775. The molecule has 0 fully saturated rings. The second-order valence-electron chi connectivity index (χ2n) is 4.80. The van der Waals surface area contributed by atoms with Gasteiger partial charge in [-0.15, -0.1) is 0 Å². The third kappa shape index (κ3) is 4.50. The molecular formula is C13H18F3N3O. The molecule has 0 bridgehead atoms. The first kappa shape index (κ1) is 16.5. The van der Waals surface area contributed by atoms with Gasteiger partial charge < -0.3 is 16.4 Å². The molecule has 0 heterocycles. The van der Waals surface area contributed by atoms with Crippen LogP contribution in [-0.4, -0.2) is 37.1 Å². The molecule has 0 spiro atoms. The first-order valence-electron chi connectivity index (χ1n) is 6.05. The Labute approximate surface area is 115 Å². The van der Waals surface area contributed by atoms with Gasteiger partial charge in [0.25, 0.3) is 0 Å². The van der Waals surface area contributed by atoms with Gasteiger partial charge >= 0.3 is 6.18 Å². The first-order chi connectivity index (χ1) is 9.15. The lowest BCUT2D eigenvalue weighted by atomic mass is 9.89. The number of nitrogens with zero attached hydrogens (tertiary/aromatic N) is 1. The van der Waals surface area contributed by atoms with E-state index in [0.29, 0.717) is 5.56 Å². The molecule has 0 aliphatic carbocycles. The number of rotatable bonds is 6. The minimum atomic E-state index is -4.25. The van der Waals surface area contributed by atoms with E-state index in [4.69, 9.17) is 11.5 Å². The predicted molar refractivity (Wildman–Crippen MR) is 69.7 cm³/mol. The lowest BCUT2D eigenvalue weighted by Crippen LogP contribution is -2.56. The van der Waals surface area contributed by atoms with Crippen LogP contribution in [0, 0.1) is 0 Å². The van der Waals surface area contributed by atoms with Crippen molar-refractivity contribution >= 4 is 5.91 Å². The van der Waals surface area contributed by atoms with Crippen molar-refractivity contribution < 1.29 is 18.0 Å². The maximum Gasteiger partial charge on any atom is 0.390 e. The maximum absolute atomic E-state index is 12.2. The molecule has 0 saturated carbocycles. The standard InChI is InChI=1S/C13H18F3N3O/c1-19(8-7-13(14,15)16)9-12(18,11(17)20)10-5-3-2-4-6-10/h2-6H,7-9,18H2,1H3,(H2,17,20). The number of nitrogens with two attached hydrogens (primary N) is 2. The van der Waals surface area contributed by atoms with Crippen molar-refractivity contribution in [2.45, 2.75) is 18.1 Å². The Morgan fingerprint density at radius 2 is 1.80 bits per heavy atom. The number of benzene rings is 1. The number of halogens is 3. The minimum Gasteiger partial charge on any atom is -0.368 e. The Morgan fingerprint density at radius 1 is 1.25 bits per heavy atom. The number of primary amides is 1. The second kappa shape index (κ2) is 6.23. The molecule has 4 nitrogen and oxygen atoms in total. The third-order valence-electron chi connectivity index (χ3n) is 3.02. The fourth-order valence-corrected chi connectivity index (χ4v) is 1.87. The minimum absolute atomic E-state index is 0.0809. The molecule has 0 aliphatic heterocycles. The molecule has 0 radical (unpaired) electrons. The molecule has 1 aromatic carbocycles. The zero-order valence-electron chi connectivity index (χ0n) is 11.2. The van der Waals surface area contributed by atoms with Gasteiger partial charge in [-0.3, -0.25) is 4.79 Å². The molecule has 112 valence electrons. The van der Waals surface area contributed by atoms with E-state index in [0.717, 1.165) is 0 Å². The summed E-state index contributed by atoms with van der Waals surface area (Å²) >= 11 is 0. The Hall–Kier alpha value is -1.60. The Morgan fingerprint density at radius 3 is 2.25 bits per heavy atom. The van der Waals surface area contributed by atoms with Crippen LogP contribution in [0.3, 0.4) is 0 Å². The molecule has 20 heavy (non-hydrogen) atoms. The molecule has 1 aromatic rings. The van der Waals surface area contributed by atoms with Crippen LogP contribution in [0.25, 0.3) is 0 Å². The Kier molecular flexibility index (Phi) is 5.13. The van der Waals surface area contributed by atoms with Crippen LogP contribution in [-0.2, 0) is 10.3 Å². The molecule has 1 amide bonds. The van der Waals surface area contributed by atoms with Crippen molar-refractivity contribution in [1.82, 2.24) is 4.90 Å². The summed E-state index contributed by atoms with van der Waals surface area (Å²) in [6.07, 6.45) is -5.21. The van der Waals surface area contributed by atoms with Crippen molar-refractivity contribution in [2.24, 2.45) is 11.5 Å². The lowest BCUT2D eigenvalue weighted by molar-refractivity contribution is -0.138. The Balaban J connectivity index is 2.80. The van der Waals surface area contributed by atoms with Gasteiger partial charge in [-0.05, 0) is 12.6 Å². The van der Waals surface area contributed by atoms with Crippen molar-refractivity contribution in [3.8, 4) is 0 Å². The number of hydrogen-bond donors (Lipinski definition) is 2. The zero-order chi connectivity index (χ0) is 15.4. The van der Waals surface area contributed by atoms with Gasteiger partial charge in [0.1, 0.15) is 5.54 Å². The van der Waals surface area contributed by atoms with Crippen LogP contribution >= 0.6 is 0 Å². The molecule has 1 rings (SSSR count). The van der Waals surface area contributed by atoms with Crippen molar-refractivity contribution in [3.63, 3.8) is 0 Å². The van der Waals surface area contributed by atoms with Crippen LogP contribution in [0.4, 0.5) is 13.2 Å². The molecule has 1 unspecified atom stereocenters. The average Bonchev–Trinajstić information content (AvgIpc) is 2.36. The SMILES string of the molecule is CN(CCC(F)(F)F)CC(N)(C(N)=O)c1ccccc1. The number of likely N-dealkylation sites (N-methyl/N-ethyl adjacent to an activating group) is 1. The van der Waals surface area contributed by atoms with E-state index in [9.17, 15) is 18.0 Å². The van der Waals surface area contributed by atoms with Gasteiger partial charge in [0.15, 0.2) is 0 Å². The highest BCUT2D eigenvalue weighted by Gasteiger charge is 2.36. The van der Waals surface area contributed by atoms with Gasteiger partial charge in [0.2, 0.25) is 5.91 Å². The first-order valence-corrected chi connectivity index (χ1v) is 6.05. The number of carbonyl (C=O) groups excluding carboxylic acids is 1. The van der Waals surface area contributed by atoms with Gasteiger partial charge in [0, 0.05) is 13.1 Å². The van der Waals surface area contributed by atoms with Crippen LogP contribution in [0.15, 0.2) is 30.3 Å². The lowest BCUT2D eigenvalue weighted by Gasteiger charge is -2.31. The van der Waals surface area contributed by atoms with E-state index in [1.807, 2.05) is 0 Å². The van der Waals surface area contributed by atoms with Crippen LogP contribution in [0.1, 0.15) is 12.0 Å². The number of hydrogen-bond acceptors (Lipinski definition) is 3. The summed E-state index contributed by atoms with van der Waals surface area (Å²) in [5, 5.41) is 0. The summed E-state index contributed by atoms with van der Waals surface area (Å²) in [6, 6.07) is 8.38. The zero-order valence-corrected chi connectivity index (χ0v) is 11.2. The van der Waals surface area contributed by atoms with Gasteiger partial charge in [0.05, 0.1) is 6.42 Å². The van der Waals surface area contributed by atoms with Gasteiger partial charge in [-0.2, -0.15) is 13.2 Å². The largest absolute Gasteiger partial charge is 0.390 e. The maximum atomic E-state index is 12.2. The highest BCUT2D eigenvalue weighted by molar-refractivity contribution is 5.86. The van der Waals surface area contributed by atoms with Crippen molar-refractivity contribution in [3.05, 3.63) is 35.9 Å². The van der Waals surface area contributed by atoms with Crippen LogP contribution < -0.4 is 11.5 Å². The predicted octanol–water partition coefficient (Wildman–Crippen LogP) is 1.21. The summed E-state index contributed by atoms with van der Waals surface area (Å²) in [7, 11) is 1.47. The fraction of sp³-hybridized carbons (Fsp3) is 0.462. The summed E-state index contributed by atoms with van der Waals surface area (Å²) in [6.45, 7) is -0.328. The third-order valence-corrected chi connectivity index (χ3v) is 3.02. The Bertz CT molecular complexity index is 450. The molecule has 0 aromatic heterocycles. The molecule has 0 saturated heterocycles. The van der Waals surface area contributed by atoms with Gasteiger partial charge in [-0.1, -0.05) is 30.3 Å². The second-order valence-corrected chi connectivity index (χ2v) is 4.80. The highest BCUT2D eigenvalue weighted by Crippen LogP contribution is 2.22. The molecule has 1 atom stereocenters. The van der Waals surface area contributed by atoms with E-state index >= 15 is 0 Å². The van der Waals surface area contributed by atoms with Crippen molar-refractivity contribution in [1.29, 1.82) is 0 Å². The number of alkyl halides is 3. The fourth-order valence-electron chi connectivity index (χ4n) is 1.87. The van der Waals surface area contributed by atoms with E-state index in [2.05, 4.69) is 0 Å². The number of carbonyl (C=O) groups is 1. The van der Waals surface area contributed by atoms with E-state index in [-0.39, 0.29) is 13.1 Å². The van der Waals surface area contributed by atoms with Gasteiger partial charge in [-0.25, -0.2) is 0 Å². The van der Waals surface area contributed by atoms with Crippen LogP contribution in [0.2, 0.25) is 0 Å². The molecule has 7 heteroatoms. The normalized spacial score (nSPS) is 15.1. The average molecular weight is 289 g/mol. The summed E-state index contributed by atoms with van der Waals surface area (Å²) in [4.78, 5) is 13.0. The highest BCUT2D eigenvalue weighted by atomic mass is 19.4. The molecule has 0 aliphatic rings. The van der Waals surface area contributed by atoms with E-state index in [1.165, 1.54) is 11.9 Å². The van der Waals surface area contributed by atoms with Crippen LogP contribution in [0.5, 0.6) is 0 Å². The van der Waals surface area contributed by atoms with E-state index < -0.39 is 24.0 Å². The molecule has 4 N–H and O–H groups in total. The summed E-state index contributed by atoms with van der Waals surface area (Å²) < 4.78 is 36.5. The topological polar surface area (TPSA) is 72.3 Å². The number of amides is 1. The van der Waals surface area contributed by atoms with Crippen molar-refractivity contribution in [2.75, 3.05) is 20.1 Å². The summed E-state index contributed by atoms with van der Waals surface area (Å²) in [5.41, 5.74) is 10.3. The quantitative estimate of drug-likeness (QED) is 0.827. The monoisotopic (exact) mass is 289 g/mol. The van der Waals surface area contributed by atoms with E-state index in [1.54, 1.807) is 30.3 Å². The smallest absolute Gasteiger partial charge is 0.368 e.